The van der Waals surface area contributed by atoms with Crippen LogP contribution in [0.4, 0.5) is 0 Å². The van der Waals surface area contributed by atoms with Gasteiger partial charge in [-0.1, -0.05) is 12.1 Å². The number of carboxylic acids is 1. The SMILES string of the molecule is CCN(CC1COc2ccccc2O1)C(=O)CN1CCC(C(=O)O)CC1. The molecule has 1 aromatic carbocycles. The van der Waals surface area contributed by atoms with Crippen LogP contribution in [0, 0.1) is 5.92 Å². The molecule has 1 aromatic rings. The third kappa shape index (κ3) is 4.46. The average molecular weight is 362 g/mol. The quantitative estimate of drug-likeness (QED) is 0.826. The minimum atomic E-state index is -0.735. The molecule has 1 amide bonds. The lowest BCUT2D eigenvalue weighted by Gasteiger charge is -2.33. The fourth-order valence-electron chi connectivity index (χ4n) is 3.44. The summed E-state index contributed by atoms with van der Waals surface area (Å²) in [6, 6.07) is 7.53. The predicted molar refractivity (Wildman–Crippen MR) is 95.4 cm³/mol. The second-order valence-corrected chi connectivity index (χ2v) is 6.82. The summed E-state index contributed by atoms with van der Waals surface area (Å²) in [5.74, 6) is 0.475. The van der Waals surface area contributed by atoms with Crippen molar-refractivity contribution < 1.29 is 24.2 Å². The molecule has 0 radical (unpaired) electrons. The number of carbonyl (C=O) groups is 2. The van der Waals surface area contributed by atoms with Crippen molar-refractivity contribution in [2.75, 3.05) is 39.3 Å². The Labute approximate surface area is 153 Å². The fourth-order valence-corrected chi connectivity index (χ4v) is 3.44. The van der Waals surface area contributed by atoms with Gasteiger partial charge in [-0.15, -0.1) is 0 Å². The number of nitrogens with zero attached hydrogens (tertiary/aromatic N) is 2. The molecule has 1 atom stereocenters. The van der Waals surface area contributed by atoms with Crippen LogP contribution in [0.1, 0.15) is 19.8 Å². The number of likely N-dealkylation sites (N-methyl/N-ethyl adjacent to an activating group) is 1. The first-order valence-corrected chi connectivity index (χ1v) is 9.18. The van der Waals surface area contributed by atoms with Gasteiger partial charge in [0.25, 0.3) is 0 Å². The van der Waals surface area contributed by atoms with Gasteiger partial charge < -0.3 is 19.5 Å². The van der Waals surface area contributed by atoms with Crippen molar-refractivity contribution in [2.24, 2.45) is 5.92 Å². The van der Waals surface area contributed by atoms with Gasteiger partial charge in [0, 0.05) is 6.54 Å². The third-order valence-electron chi connectivity index (χ3n) is 5.02. The summed E-state index contributed by atoms with van der Waals surface area (Å²) in [6.07, 6.45) is 1.02. The lowest BCUT2D eigenvalue weighted by atomic mass is 9.97. The van der Waals surface area contributed by atoms with Crippen molar-refractivity contribution in [1.29, 1.82) is 0 Å². The molecule has 3 rings (SSSR count). The Kier molecular flexibility index (Phi) is 5.98. The standard InChI is InChI=1S/C19H26N2O5/c1-2-21(11-15-13-25-16-5-3-4-6-17(16)26-15)18(22)12-20-9-7-14(8-10-20)19(23)24/h3-6,14-15H,2,7-13H2,1H3,(H,23,24). The molecule has 7 nitrogen and oxygen atoms in total. The highest BCUT2D eigenvalue weighted by Gasteiger charge is 2.28. The number of carbonyl (C=O) groups excluding carboxylic acids is 1. The van der Waals surface area contributed by atoms with Crippen LogP contribution in [0.25, 0.3) is 0 Å². The number of para-hydroxylation sites is 2. The molecule has 0 aromatic heterocycles. The average Bonchev–Trinajstić information content (AvgIpc) is 2.66. The van der Waals surface area contributed by atoms with Crippen LogP contribution in [0.2, 0.25) is 0 Å². The summed E-state index contributed by atoms with van der Waals surface area (Å²) < 4.78 is 11.7. The summed E-state index contributed by atoms with van der Waals surface area (Å²) >= 11 is 0. The fraction of sp³-hybridized carbons (Fsp3) is 0.579. The molecule has 0 saturated carbocycles. The van der Waals surface area contributed by atoms with Crippen LogP contribution in [-0.4, -0.2) is 72.2 Å². The Morgan fingerprint density at radius 1 is 1.23 bits per heavy atom. The van der Waals surface area contributed by atoms with Gasteiger partial charge in [0.1, 0.15) is 6.61 Å². The number of benzene rings is 1. The van der Waals surface area contributed by atoms with Gasteiger partial charge in [-0.3, -0.25) is 14.5 Å². The molecule has 142 valence electrons. The van der Waals surface area contributed by atoms with E-state index in [1.165, 1.54) is 0 Å². The predicted octanol–water partition coefficient (Wildman–Crippen LogP) is 1.47. The van der Waals surface area contributed by atoms with Gasteiger partial charge in [-0.2, -0.15) is 0 Å². The molecular formula is C19H26N2O5. The van der Waals surface area contributed by atoms with E-state index >= 15 is 0 Å². The first kappa shape index (κ1) is 18.5. The number of fused-ring (bicyclic) bond motifs is 1. The van der Waals surface area contributed by atoms with Gasteiger partial charge in [0.2, 0.25) is 5.91 Å². The number of aliphatic carboxylic acids is 1. The smallest absolute Gasteiger partial charge is 0.306 e. The summed E-state index contributed by atoms with van der Waals surface area (Å²) in [6.45, 7) is 5.08. The molecule has 2 aliphatic heterocycles. The third-order valence-corrected chi connectivity index (χ3v) is 5.02. The molecule has 0 aliphatic carbocycles. The number of likely N-dealkylation sites (tertiary alicyclic amines) is 1. The van der Waals surface area contributed by atoms with E-state index in [1.54, 1.807) is 4.90 Å². The van der Waals surface area contributed by atoms with Crippen molar-refractivity contribution >= 4 is 11.9 Å². The van der Waals surface area contributed by atoms with Crippen molar-refractivity contribution in [3.8, 4) is 11.5 Å². The van der Waals surface area contributed by atoms with E-state index in [4.69, 9.17) is 14.6 Å². The molecule has 1 fully saturated rings. The van der Waals surface area contributed by atoms with Crippen LogP contribution in [-0.2, 0) is 9.59 Å². The molecule has 1 unspecified atom stereocenters. The van der Waals surface area contributed by atoms with Crippen LogP contribution >= 0.6 is 0 Å². The second-order valence-electron chi connectivity index (χ2n) is 6.82. The van der Waals surface area contributed by atoms with Gasteiger partial charge in [-0.05, 0) is 45.0 Å². The largest absolute Gasteiger partial charge is 0.486 e. The number of piperidine rings is 1. The van der Waals surface area contributed by atoms with Crippen molar-refractivity contribution in [2.45, 2.75) is 25.9 Å². The topological polar surface area (TPSA) is 79.3 Å². The number of ether oxygens (including phenoxy) is 2. The molecule has 0 spiro atoms. The van der Waals surface area contributed by atoms with Gasteiger partial charge >= 0.3 is 5.97 Å². The van der Waals surface area contributed by atoms with Gasteiger partial charge in [-0.25, -0.2) is 0 Å². The zero-order chi connectivity index (χ0) is 18.5. The number of hydrogen-bond donors (Lipinski definition) is 1. The minimum Gasteiger partial charge on any atom is -0.486 e. The minimum absolute atomic E-state index is 0.0451. The lowest BCUT2D eigenvalue weighted by molar-refractivity contribution is -0.143. The summed E-state index contributed by atoms with van der Waals surface area (Å²) in [5, 5.41) is 9.07. The Morgan fingerprint density at radius 3 is 2.58 bits per heavy atom. The Bertz CT molecular complexity index is 643. The number of amides is 1. The molecule has 1 saturated heterocycles. The maximum atomic E-state index is 12.6. The highest BCUT2D eigenvalue weighted by molar-refractivity contribution is 5.78. The molecule has 1 N–H and O–H groups in total. The van der Waals surface area contributed by atoms with E-state index in [0.717, 1.165) is 5.75 Å². The molecule has 26 heavy (non-hydrogen) atoms. The van der Waals surface area contributed by atoms with Gasteiger partial charge in [0.15, 0.2) is 17.6 Å². The van der Waals surface area contributed by atoms with Crippen LogP contribution in [0.15, 0.2) is 24.3 Å². The highest BCUT2D eigenvalue weighted by atomic mass is 16.6. The maximum Gasteiger partial charge on any atom is 0.306 e. The highest BCUT2D eigenvalue weighted by Crippen LogP contribution is 2.31. The molecule has 7 heteroatoms. The number of carboxylic acid groups (broad SMARTS) is 1. The monoisotopic (exact) mass is 362 g/mol. The van der Waals surface area contributed by atoms with Crippen LogP contribution < -0.4 is 9.47 Å². The molecule has 2 heterocycles. The van der Waals surface area contributed by atoms with E-state index in [-0.39, 0.29) is 17.9 Å². The Hall–Kier alpha value is -2.28. The number of hydrogen-bond acceptors (Lipinski definition) is 5. The van der Waals surface area contributed by atoms with Crippen molar-refractivity contribution in [1.82, 2.24) is 9.80 Å². The first-order chi connectivity index (χ1) is 12.6. The first-order valence-electron chi connectivity index (χ1n) is 9.18. The summed E-state index contributed by atoms with van der Waals surface area (Å²) in [4.78, 5) is 27.5. The molecule has 0 bridgehead atoms. The number of rotatable bonds is 6. The van der Waals surface area contributed by atoms with Crippen LogP contribution in [0.3, 0.4) is 0 Å². The maximum absolute atomic E-state index is 12.6. The Morgan fingerprint density at radius 2 is 1.92 bits per heavy atom. The van der Waals surface area contributed by atoms with Crippen LogP contribution in [0.5, 0.6) is 11.5 Å². The Balaban J connectivity index is 1.49. The molecular weight excluding hydrogens is 336 g/mol. The summed E-state index contributed by atoms with van der Waals surface area (Å²) in [5.41, 5.74) is 0. The van der Waals surface area contributed by atoms with Crippen molar-refractivity contribution in [3.05, 3.63) is 24.3 Å². The second kappa shape index (κ2) is 8.40. The summed E-state index contributed by atoms with van der Waals surface area (Å²) in [7, 11) is 0. The van der Waals surface area contributed by atoms with E-state index in [2.05, 4.69) is 0 Å². The zero-order valence-electron chi connectivity index (χ0n) is 15.1. The van der Waals surface area contributed by atoms with E-state index < -0.39 is 5.97 Å². The van der Waals surface area contributed by atoms with Crippen molar-refractivity contribution in [3.63, 3.8) is 0 Å². The van der Waals surface area contributed by atoms with E-state index in [1.807, 2.05) is 36.1 Å². The normalized spacial score (nSPS) is 20.6. The molecule has 2 aliphatic rings. The zero-order valence-corrected chi connectivity index (χ0v) is 15.1. The lowest BCUT2D eigenvalue weighted by Crippen LogP contribution is -2.48. The van der Waals surface area contributed by atoms with Gasteiger partial charge in [0.05, 0.1) is 19.0 Å². The van der Waals surface area contributed by atoms with E-state index in [0.29, 0.717) is 57.9 Å². The van der Waals surface area contributed by atoms with E-state index in [9.17, 15) is 9.59 Å².